The molecule has 0 spiro atoms. The molecule has 0 saturated carbocycles. The molecule has 0 bridgehead atoms. The third-order valence-electron chi connectivity index (χ3n) is 5.80. The summed E-state index contributed by atoms with van der Waals surface area (Å²) < 4.78 is 0. The van der Waals surface area contributed by atoms with Crippen LogP contribution < -0.4 is 4.90 Å². The average molecular weight is 368 g/mol. The van der Waals surface area contributed by atoms with Gasteiger partial charge >= 0.3 is 0 Å². The topological polar surface area (TPSA) is 57.7 Å². The highest BCUT2D eigenvalue weighted by Crippen LogP contribution is 2.41. The van der Waals surface area contributed by atoms with Crippen molar-refractivity contribution in [1.82, 2.24) is 20.2 Å². The number of nitrogens with one attached hydrogen (secondary N) is 1. The van der Waals surface area contributed by atoms with Gasteiger partial charge in [-0.2, -0.15) is 5.10 Å². The molecule has 3 aromatic rings. The maximum Gasteiger partial charge on any atom is 0.166 e. The Morgan fingerprint density at radius 3 is 2.54 bits per heavy atom. The molecule has 26 heavy (non-hydrogen) atoms. The maximum absolute atomic E-state index is 5.13. The predicted molar refractivity (Wildman–Crippen MR) is 107 cm³/mol. The van der Waals surface area contributed by atoms with Crippen LogP contribution in [0.5, 0.6) is 0 Å². The van der Waals surface area contributed by atoms with Crippen molar-refractivity contribution in [3.05, 3.63) is 21.8 Å². The first kappa shape index (κ1) is 16.2. The minimum atomic E-state index is 0.834. The highest BCUT2D eigenvalue weighted by Gasteiger charge is 2.26. The fraction of sp³-hybridized carbons (Fsp3) is 0.550. The van der Waals surface area contributed by atoms with E-state index in [0.717, 1.165) is 35.9 Å². The molecule has 1 fully saturated rings. The smallest absolute Gasteiger partial charge is 0.166 e. The second kappa shape index (κ2) is 6.34. The molecule has 2 aliphatic rings. The summed E-state index contributed by atoms with van der Waals surface area (Å²) in [7, 11) is 0. The Kier molecular flexibility index (Phi) is 3.96. The monoisotopic (exact) mass is 367 g/mol. The largest absolute Gasteiger partial charge is 0.356 e. The van der Waals surface area contributed by atoms with E-state index in [4.69, 9.17) is 9.97 Å². The molecule has 0 amide bonds. The minimum absolute atomic E-state index is 0.834. The van der Waals surface area contributed by atoms with Crippen LogP contribution in [-0.2, 0) is 12.8 Å². The first-order valence-corrected chi connectivity index (χ1v) is 10.6. The Morgan fingerprint density at radius 1 is 0.962 bits per heavy atom. The molecule has 0 unspecified atom stereocenters. The van der Waals surface area contributed by atoms with Gasteiger partial charge in [-0.3, -0.25) is 5.10 Å². The summed E-state index contributed by atoms with van der Waals surface area (Å²) in [5.74, 6) is 2.00. The molecule has 136 valence electrons. The molecule has 0 radical (unpaired) electrons. The zero-order valence-corrected chi connectivity index (χ0v) is 16.4. The van der Waals surface area contributed by atoms with Gasteiger partial charge in [0.25, 0.3) is 0 Å². The number of piperidine rings is 1. The van der Waals surface area contributed by atoms with Crippen molar-refractivity contribution in [1.29, 1.82) is 0 Å². The number of thiophene rings is 1. The van der Waals surface area contributed by atoms with Crippen LogP contribution in [0.15, 0.2) is 0 Å². The van der Waals surface area contributed by atoms with Crippen LogP contribution in [0.2, 0.25) is 0 Å². The van der Waals surface area contributed by atoms with Crippen molar-refractivity contribution in [3.8, 4) is 11.4 Å². The van der Waals surface area contributed by atoms with E-state index in [-0.39, 0.29) is 0 Å². The zero-order valence-electron chi connectivity index (χ0n) is 15.6. The third-order valence-corrected chi connectivity index (χ3v) is 6.99. The molecular weight excluding hydrogens is 342 g/mol. The van der Waals surface area contributed by atoms with Crippen molar-refractivity contribution < 1.29 is 0 Å². The lowest BCUT2D eigenvalue weighted by molar-refractivity contribution is 0.574. The Labute approximate surface area is 157 Å². The van der Waals surface area contributed by atoms with Crippen LogP contribution in [0, 0.1) is 13.8 Å². The first-order valence-electron chi connectivity index (χ1n) is 9.81. The van der Waals surface area contributed by atoms with Crippen LogP contribution in [0.25, 0.3) is 21.6 Å². The summed E-state index contributed by atoms with van der Waals surface area (Å²) in [6.07, 6.45) is 8.84. The van der Waals surface area contributed by atoms with Gasteiger partial charge in [0.2, 0.25) is 0 Å². The van der Waals surface area contributed by atoms with Gasteiger partial charge in [-0.25, -0.2) is 9.97 Å². The molecule has 6 heteroatoms. The molecule has 1 aliphatic carbocycles. The summed E-state index contributed by atoms with van der Waals surface area (Å²) in [5.41, 5.74) is 4.63. The van der Waals surface area contributed by atoms with Crippen molar-refractivity contribution in [3.63, 3.8) is 0 Å². The van der Waals surface area contributed by atoms with Crippen molar-refractivity contribution in [2.45, 2.75) is 58.8 Å². The van der Waals surface area contributed by atoms with E-state index in [1.54, 1.807) is 0 Å². The van der Waals surface area contributed by atoms with Crippen molar-refractivity contribution >= 4 is 27.4 Å². The highest BCUT2D eigenvalue weighted by molar-refractivity contribution is 7.19. The third kappa shape index (κ3) is 2.54. The number of nitrogens with zero attached hydrogens (tertiary/aromatic N) is 4. The molecule has 0 aromatic carbocycles. The van der Waals surface area contributed by atoms with E-state index in [2.05, 4.69) is 22.0 Å². The quantitative estimate of drug-likeness (QED) is 0.721. The van der Waals surface area contributed by atoms with E-state index in [0.29, 0.717) is 0 Å². The number of fused-ring (bicyclic) bond motifs is 3. The minimum Gasteiger partial charge on any atom is -0.356 e. The van der Waals surface area contributed by atoms with Gasteiger partial charge in [-0.15, -0.1) is 11.3 Å². The highest BCUT2D eigenvalue weighted by atomic mass is 32.1. The van der Waals surface area contributed by atoms with Crippen molar-refractivity contribution in [2.75, 3.05) is 18.0 Å². The molecule has 5 rings (SSSR count). The summed E-state index contributed by atoms with van der Waals surface area (Å²) >= 11 is 1.89. The summed E-state index contributed by atoms with van der Waals surface area (Å²) in [6.45, 7) is 6.31. The zero-order chi connectivity index (χ0) is 17.7. The molecule has 1 aliphatic heterocycles. The second-order valence-electron chi connectivity index (χ2n) is 7.62. The van der Waals surface area contributed by atoms with Crippen molar-refractivity contribution in [2.24, 2.45) is 0 Å². The SMILES string of the molecule is Cc1n[nH]c(C)c1-c1nc(N2CCCCC2)c2c3c(sc2n1)CCCC3. The second-order valence-corrected chi connectivity index (χ2v) is 8.70. The molecule has 5 nitrogen and oxygen atoms in total. The number of H-pyrrole nitrogens is 1. The van der Waals surface area contributed by atoms with Crippen LogP contribution in [0.3, 0.4) is 0 Å². The van der Waals surface area contributed by atoms with E-state index in [1.165, 1.54) is 71.4 Å². The Morgan fingerprint density at radius 2 is 1.77 bits per heavy atom. The molecule has 1 saturated heterocycles. The maximum atomic E-state index is 5.13. The van der Waals surface area contributed by atoms with Gasteiger partial charge in [-0.1, -0.05) is 0 Å². The molecule has 0 atom stereocenters. The van der Waals surface area contributed by atoms with E-state index in [9.17, 15) is 0 Å². The molecule has 4 heterocycles. The number of hydrogen-bond donors (Lipinski definition) is 1. The van der Waals surface area contributed by atoms with Crippen LogP contribution >= 0.6 is 11.3 Å². The lowest BCUT2D eigenvalue weighted by Crippen LogP contribution is -2.30. The van der Waals surface area contributed by atoms with E-state index >= 15 is 0 Å². The summed E-state index contributed by atoms with van der Waals surface area (Å²) in [5, 5.41) is 8.80. The number of aryl methyl sites for hydroxylation is 4. The van der Waals surface area contributed by atoms with E-state index < -0.39 is 0 Å². The van der Waals surface area contributed by atoms with Gasteiger partial charge in [-0.05, 0) is 64.4 Å². The summed E-state index contributed by atoms with van der Waals surface area (Å²) in [4.78, 5) is 15.4. The number of anilines is 1. The number of hydrogen-bond acceptors (Lipinski definition) is 5. The van der Waals surface area contributed by atoms with Gasteiger partial charge in [0.05, 0.1) is 16.6 Å². The molecule has 3 aromatic heterocycles. The molecular formula is C20H25N5S. The predicted octanol–water partition coefficient (Wildman–Crippen LogP) is 4.57. The Balaban J connectivity index is 1.76. The normalized spacial score (nSPS) is 17.7. The van der Waals surface area contributed by atoms with Gasteiger partial charge in [0, 0.05) is 23.7 Å². The van der Waals surface area contributed by atoms with Crippen LogP contribution in [-0.4, -0.2) is 33.3 Å². The summed E-state index contributed by atoms with van der Waals surface area (Å²) in [6, 6.07) is 0. The standard InChI is InChI=1S/C20H25N5S/c1-12-16(13(2)24-23-12)18-21-19(25-10-6-3-7-11-25)17-14-8-4-5-9-15(14)26-20(17)22-18/h3-11H2,1-2H3,(H,23,24). The number of rotatable bonds is 2. The van der Waals surface area contributed by atoms with Gasteiger partial charge in [0.1, 0.15) is 10.6 Å². The fourth-order valence-corrected chi connectivity index (χ4v) is 5.72. The fourth-order valence-electron chi connectivity index (χ4n) is 4.46. The van der Waals surface area contributed by atoms with Crippen LogP contribution in [0.1, 0.15) is 53.9 Å². The number of aromatic amines is 1. The van der Waals surface area contributed by atoms with Gasteiger partial charge < -0.3 is 4.90 Å². The lowest BCUT2D eigenvalue weighted by Gasteiger charge is -2.29. The van der Waals surface area contributed by atoms with E-state index in [1.807, 2.05) is 18.3 Å². The molecule has 1 N–H and O–H groups in total. The first-order chi connectivity index (χ1) is 12.7. The Hall–Kier alpha value is -1.95. The van der Waals surface area contributed by atoms with Gasteiger partial charge in [0.15, 0.2) is 5.82 Å². The lowest BCUT2D eigenvalue weighted by atomic mass is 9.96. The average Bonchev–Trinajstić information content (AvgIpc) is 3.21. The van der Waals surface area contributed by atoms with Crippen LogP contribution in [0.4, 0.5) is 5.82 Å². The number of aromatic nitrogens is 4. The Bertz CT molecular complexity index is 945.